The number of rotatable bonds is 2. The molecule has 3 aromatic rings. The molecule has 1 atom stereocenters. The Morgan fingerprint density at radius 2 is 1.92 bits per heavy atom. The van der Waals surface area contributed by atoms with E-state index in [1.54, 1.807) is 29.8 Å². The van der Waals surface area contributed by atoms with Gasteiger partial charge in [0.2, 0.25) is 5.95 Å². The molecule has 120 valence electrons. The van der Waals surface area contributed by atoms with Gasteiger partial charge in [0.25, 0.3) is 5.91 Å². The van der Waals surface area contributed by atoms with Crippen LogP contribution in [-0.4, -0.2) is 38.5 Å². The van der Waals surface area contributed by atoms with E-state index in [0.29, 0.717) is 5.65 Å². The van der Waals surface area contributed by atoms with Crippen LogP contribution in [0.1, 0.15) is 11.6 Å². The monoisotopic (exact) mass is 385 g/mol. The fourth-order valence-corrected chi connectivity index (χ4v) is 3.28. The Morgan fingerprint density at radius 3 is 2.71 bits per heavy atom. The van der Waals surface area contributed by atoms with Gasteiger partial charge in [-0.15, -0.1) is 10.2 Å². The molecule has 1 aliphatic rings. The van der Waals surface area contributed by atoms with Crippen molar-refractivity contribution < 1.29 is 9.59 Å². The van der Waals surface area contributed by atoms with E-state index in [1.807, 2.05) is 30.3 Å². The lowest BCUT2D eigenvalue weighted by molar-refractivity contribution is -0.119. The van der Waals surface area contributed by atoms with Gasteiger partial charge in [0.1, 0.15) is 6.04 Å². The molecule has 2 aromatic heterocycles. The Balaban J connectivity index is 1.81. The lowest BCUT2D eigenvalue weighted by Gasteiger charge is -2.16. The second-order valence-electron chi connectivity index (χ2n) is 5.45. The van der Waals surface area contributed by atoms with Gasteiger partial charge in [-0.1, -0.05) is 34.1 Å². The highest BCUT2D eigenvalue weighted by Gasteiger charge is 2.46. The largest absolute Gasteiger partial charge is 0.334 e. The van der Waals surface area contributed by atoms with Crippen molar-refractivity contribution in [2.45, 2.75) is 6.04 Å². The van der Waals surface area contributed by atoms with Crippen LogP contribution in [0, 0.1) is 0 Å². The second kappa shape index (κ2) is 5.41. The minimum Gasteiger partial charge on any atom is -0.311 e. The molecule has 0 N–H and O–H groups in total. The van der Waals surface area contributed by atoms with E-state index in [-0.39, 0.29) is 11.9 Å². The van der Waals surface area contributed by atoms with Crippen LogP contribution in [0.25, 0.3) is 5.65 Å². The summed E-state index contributed by atoms with van der Waals surface area (Å²) in [5.74, 6) is -0.149. The number of halogens is 1. The van der Waals surface area contributed by atoms with Gasteiger partial charge in [-0.25, -0.2) is 4.79 Å². The van der Waals surface area contributed by atoms with Crippen molar-refractivity contribution in [2.24, 2.45) is 0 Å². The molecular weight excluding hydrogens is 374 g/mol. The number of carbonyl (C=O) groups excluding carboxylic acids is 2. The number of amides is 3. The number of fused-ring (bicyclic) bond motifs is 1. The summed E-state index contributed by atoms with van der Waals surface area (Å²) >= 11 is 3.40. The number of aromatic nitrogens is 3. The number of imide groups is 1. The SMILES string of the molecule is CN1C(=O)N(c2nnc3ccccn23)C(=O)[C@@H]1c1cccc(Br)c1. The zero-order chi connectivity index (χ0) is 16.8. The maximum absolute atomic E-state index is 12.9. The van der Waals surface area contributed by atoms with Crippen LogP contribution in [-0.2, 0) is 4.79 Å². The van der Waals surface area contributed by atoms with Crippen LogP contribution >= 0.6 is 15.9 Å². The van der Waals surface area contributed by atoms with E-state index in [0.717, 1.165) is 14.9 Å². The first-order valence-electron chi connectivity index (χ1n) is 7.24. The number of hydrogen-bond acceptors (Lipinski definition) is 4. The van der Waals surface area contributed by atoms with Crippen molar-refractivity contribution in [1.82, 2.24) is 19.5 Å². The number of benzene rings is 1. The zero-order valence-corrected chi connectivity index (χ0v) is 14.2. The summed E-state index contributed by atoms with van der Waals surface area (Å²) in [6.07, 6.45) is 1.72. The van der Waals surface area contributed by atoms with Crippen molar-refractivity contribution in [3.8, 4) is 0 Å². The standard InChI is InChI=1S/C16H12BrN5O2/c1-20-13(10-5-4-6-11(17)9-10)14(23)22(16(20)24)15-19-18-12-7-2-3-8-21(12)15/h2-9,13H,1H3/t13-/m0/s1. The average Bonchev–Trinajstić information content (AvgIpc) is 3.07. The highest BCUT2D eigenvalue weighted by atomic mass is 79.9. The van der Waals surface area contributed by atoms with E-state index in [1.165, 1.54) is 4.90 Å². The highest BCUT2D eigenvalue weighted by molar-refractivity contribution is 9.10. The Kier molecular flexibility index (Phi) is 3.34. The van der Waals surface area contributed by atoms with Crippen LogP contribution < -0.4 is 4.90 Å². The van der Waals surface area contributed by atoms with E-state index in [2.05, 4.69) is 26.1 Å². The third-order valence-corrected chi connectivity index (χ3v) is 4.49. The zero-order valence-electron chi connectivity index (χ0n) is 12.6. The van der Waals surface area contributed by atoms with Crippen molar-refractivity contribution >= 4 is 39.5 Å². The predicted molar refractivity (Wildman–Crippen MR) is 90.5 cm³/mol. The highest BCUT2D eigenvalue weighted by Crippen LogP contribution is 2.33. The summed E-state index contributed by atoms with van der Waals surface area (Å²) in [6, 6.07) is 11.6. The quantitative estimate of drug-likeness (QED) is 0.635. The van der Waals surface area contributed by atoms with E-state index < -0.39 is 12.1 Å². The second-order valence-corrected chi connectivity index (χ2v) is 6.37. The maximum Gasteiger partial charge on any atom is 0.334 e. The van der Waals surface area contributed by atoms with Crippen molar-refractivity contribution in [1.29, 1.82) is 0 Å². The Bertz CT molecular complexity index is 970. The molecule has 1 fully saturated rings. The molecule has 0 spiro atoms. The first-order valence-corrected chi connectivity index (χ1v) is 8.03. The molecule has 4 rings (SSSR count). The molecule has 8 heteroatoms. The minimum absolute atomic E-state index is 0.199. The van der Waals surface area contributed by atoms with Gasteiger partial charge in [-0.3, -0.25) is 9.20 Å². The Labute approximate surface area is 145 Å². The van der Waals surface area contributed by atoms with Gasteiger partial charge in [0.05, 0.1) is 0 Å². The van der Waals surface area contributed by atoms with Crippen LogP contribution in [0.15, 0.2) is 53.1 Å². The number of hydrogen-bond donors (Lipinski definition) is 0. The van der Waals surface area contributed by atoms with Gasteiger partial charge in [0, 0.05) is 17.7 Å². The number of carbonyl (C=O) groups is 2. The van der Waals surface area contributed by atoms with Crippen LogP contribution in [0.4, 0.5) is 10.7 Å². The fraction of sp³-hybridized carbons (Fsp3) is 0.125. The van der Waals surface area contributed by atoms with Crippen molar-refractivity contribution in [3.05, 3.63) is 58.7 Å². The number of anilines is 1. The number of urea groups is 1. The lowest BCUT2D eigenvalue weighted by Crippen LogP contribution is -2.33. The maximum atomic E-state index is 12.9. The molecule has 0 radical (unpaired) electrons. The summed E-state index contributed by atoms with van der Waals surface area (Å²) in [5.41, 5.74) is 1.31. The molecular formula is C16H12BrN5O2. The number of likely N-dealkylation sites (N-methyl/N-ethyl adjacent to an activating group) is 1. The molecule has 1 saturated heterocycles. The first-order chi connectivity index (χ1) is 11.6. The van der Waals surface area contributed by atoms with Crippen LogP contribution in [0.5, 0.6) is 0 Å². The predicted octanol–water partition coefficient (Wildman–Crippen LogP) is 2.63. The molecule has 0 unspecified atom stereocenters. The molecule has 3 heterocycles. The molecule has 3 amide bonds. The normalized spacial score (nSPS) is 18.0. The Hall–Kier alpha value is -2.74. The molecule has 24 heavy (non-hydrogen) atoms. The minimum atomic E-state index is -0.689. The summed E-state index contributed by atoms with van der Waals surface area (Å²) in [7, 11) is 1.61. The summed E-state index contributed by atoms with van der Waals surface area (Å²) in [5, 5.41) is 8.03. The molecule has 1 aliphatic heterocycles. The molecule has 0 bridgehead atoms. The van der Waals surface area contributed by atoms with Crippen molar-refractivity contribution in [3.63, 3.8) is 0 Å². The smallest absolute Gasteiger partial charge is 0.311 e. The lowest BCUT2D eigenvalue weighted by atomic mass is 10.1. The van der Waals surface area contributed by atoms with Crippen LogP contribution in [0.2, 0.25) is 0 Å². The van der Waals surface area contributed by atoms with Gasteiger partial charge >= 0.3 is 6.03 Å². The third-order valence-electron chi connectivity index (χ3n) is 3.99. The van der Waals surface area contributed by atoms with Crippen LogP contribution in [0.3, 0.4) is 0 Å². The van der Waals surface area contributed by atoms with Gasteiger partial charge in [-0.2, -0.15) is 4.90 Å². The topological polar surface area (TPSA) is 70.8 Å². The molecule has 1 aromatic carbocycles. The first kappa shape index (κ1) is 14.8. The van der Waals surface area contributed by atoms with E-state index in [4.69, 9.17) is 0 Å². The van der Waals surface area contributed by atoms with Gasteiger partial charge in [0.15, 0.2) is 5.65 Å². The average molecular weight is 386 g/mol. The number of pyridine rings is 1. The third kappa shape index (κ3) is 2.10. The summed E-state index contributed by atoms with van der Waals surface area (Å²) in [6.45, 7) is 0. The Morgan fingerprint density at radius 1 is 1.08 bits per heavy atom. The molecule has 0 saturated carbocycles. The van der Waals surface area contributed by atoms with Crippen molar-refractivity contribution in [2.75, 3.05) is 11.9 Å². The summed E-state index contributed by atoms with van der Waals surface area (Å²) in [4.78, 5) is 28.1. The van der Waals surface area contributed by atoms with Gasteiger partial charge < -0.3 is 4.90 Å². The fourth-order valence-electron chi connectivity index (χ4n) is 2.86. The molecule has 0 aliphatic carbocycles. The van der Waals surface area contributed by atoms with E-state index in [9.17, 15) is 9.59 Å². The summed E-state index contributed by atoms with van der Waals surface area (Å²) < 4.78 is 2.47. The number of nitrogens with zero attached hydrogens (tertiary/aromatic N) is 5. The molecule has 7 nitrogen and oxygen atoms in total. The van der Waals surface area contributed by atoms with E-state index >= 15 is 0 Å². The van der Waals surface area contributed by atoms with Gasteiger partial charge in [-0.05, 0) is 29.8 Å².